The van der Waals surface area contributed by atoms with Crippen LogP contribution < -0.4 is 5.32 Å². The maximum Gasteiger partial charge on any atom is 0.193 e. The molecule has 24 heavy (non-hydrogen) atoms. The predicted octanol–water partition coefficient (Wildman–Crippen LogP) is 2.41. The molecule has 1 unspecified atom stereocenters. The molecule has 2 rings (SSSR count). The summed E-state index contributed by atoms with van der Waals surface area (Å²) >= 11 is 0. The van der Waals surface area contributed by atoms with Crippen molar-refractivity contribution in [3.8, 4) is 0 Å². The Morgan fingerprint density at radius 1 is 1.29 bits per heavy atom. The van der Waals surface area contributed by atoms with Crippen LogP contribution in [0.5, 0.6) is 0 Å². The summed E-state index contributed by atoms with van der Waals surface area (Å²) in [6.07, 6.45) is 1.15. The summed E-state index contributed by atoms with van der Waals surface area (Å²) in [7, 11) is 8.12. The molecule has 1 aromatic carbocycles. The number of guanidine groups is 1. The van der Waals surface area contributed by atoms with Gasteiger partial charge in [-0.05, 0) is 31.6 Å². The quantitative estimate of drug-likeness (QED) is 0.414. The molecule has 0 amide bonds. The van der Waals surface area contributed by atoms with E-state index in [9.17, 15) is 0 Å². The third kappa shape index (κ3) is 6.94. The number of ether oxygens (including phenoxy) is 1. The van der Waals surface area contributed by atoms with Crippen LogP contribution >= 0.6 is 24.0 Å². The van der Waals surface area contributed by atoms with Crippen molar-refractivity contribution in [3.63, 3.8) is 0 Å². The van der Waals surface area contributed by atoms with Crippen molar-refractivity contribution in [1.29, 1.82) is 0 Å². The lowest BCUT2D eigenvalue weighted by molar-refractivity contribution is 0.181. The Kier molecular flexibility index (Phi) is 9.61. The first kappa shape index (κ1) is 21.2. The molecule has 1 aromatic rings. The highest BCUT2D eigenvalue weighted by molar-refractivity contribution is 14.0. The minimum absolute atomic E-state index is 0. The molecule has 1 heterocycles. The van der Waals surface area contributed by atoms with Crippen molar-refractivity contribution in [2.45, 2.75) is 19.5 Å². The standard InChI is InChI=1S/C18H30N4O.HI/c1-19-18(22(4)13-17-8-9-23-14-17)20-11-15-6-5-7-16(10-15)12-21(2)3;/h5-7,10,17H,8-9,11-14H2,1-4H3,(H,19,20);1H. The van der Waals surface area contributed by atoms with Gasteiger partial charge in [-0.3, -0.25) is 4.99 Å². The molecule has 0 radical (unpaired) electrons. The van der Waals surface area contributed by atoms with E-state index in [1.807, 2.05) is 7.05 Å². The van der Waals surface area contributed by atoms with E-state index in [4.69, 9.17) is 4.74 Å². The van der Waals surface area contributed by atoms with Crippen LogP contribution in [0.3, 0.4) is 0 Å². The van der Waals surface area contributed by atoms with Crippen LogP contribution in [0.25, 0.3) is 0 Å². The smallest absolute Gasteiger partial charge is 0.193 e. The maximum absolute atomic E-state index is 5.45. The Morgan fingerprint density at radius 3 is 2.67 bits per heavy atom. The Labute approximate surface area is 163 Å². The van der Waals surface area contributed by atoms with Crippen molar-refractivity contribution in [1.82, 2.24) is 15.1 Å². The largest absolute Gasteiger partial charge is 0.381 e. The zero-order valence-corrected chi connectivity index (χ0v) is 17.6. The van der Waals surface area contributed by atoms with Crippen LogP contribution in [0.4, 0.5) is 0 Å². The van der Waals surface area contributed by atoms with E-state index in [0.717, 1.165) is 45.2 Å². The zero-order chi connectivity index (χ0) is 16.7. The number of aliphatic imine (C=N–C) groups is 1. The van der Waals surface area contributed by atoms with Crippen LogP contribution in [0.1, 0.15) is 17.5 Å². The van der Waals surface area contributed by atoms with Gasteiger partial charge in [-0.2, -0.15) is 0 Å². The molecule has 0 bridgehead atoms. The van der Waals surface area contributed by atoms with Gasteiger partial charge in [0.2, 0.25) is 0 Å². The van der Waals surface area contributed by atoms with Crippen molar-refractivity contribution in [3.05, 3.63) is 35.4 Å². The molecule has 6 heteroatoms. The lowest BCUT2D eigenvalue weighted by atomic mass is 10.1. The van der Waals surface area contributed by atoms with E-state index in [-0.39, 0.29) is 24.0 Å². The van der Waals surface area contributed by atoms with Crippen molar-refractivity contribution < 1.29 is 4.74 Å². The first-order valence-electron chi connectivity index (χ1n) is 8.30. The maximum atomic E-state index is 5.45. The van der Waals surface area contributed by atoms with Gasteiger partial charge in [0.05, 0.1) is 6.61 Å². The molecule has 1 atom stereocenters. The van der Waals surface area contributed by atoms with E-state index in [1.54, 1.807) is 0 Å². The van der Waals surface area contributed by atoms with Crippen LogP contribution in [0.2, 0.25) is 0 Å². The van der Waals surface area contributed by atoms with Crippen molar-refractivity contribution in [2.24, 2.45) is 10.9 Å². The summed E-state index contributed by atoms with van der Waals surface area (Å²) in [5, 5.41) is 3.46. The molecule has 1 N–H and O–H groups in total. The second-order valence-corrected chi connectivity index (χ2v) is 6.57. The molecule has 0 saturated carbocycles. The van der Waals surface area contributed by atoms with Crippen LogP contribution in [-0.4, -0.2) is 63.7 Å². The molecular weight excluding hydrogens is 415 g/mol. The second-order valence-electron chi connectivity index (χ2n) is 6.57. The molecule has 1 fully saturated rings. The third-order valence-corrected chi connectivity index (χ3v) is 4.07. The van der Waals surface area contributed by atoms with Gasteiger partial charge in [-0.1, -0.05) is 24.3 Å². The number of halogens is 1. The summed E-state index contributed by atoms with van der Waals surface area (Å²) in [5.41, 5.74) is 2.61. The molecule has 1 aliphatic rings. The molecule has 5 nitrogen and oxygen atoms in total. The van der Waals surface area contributed by atoms with Gasteiger partial charge in [0.25, 0.3) is 0 Å². The SMILES string of the molecule is CN=C(NCc1cccc(CN(C)C)c1)N(C)CC1CCOC1.I. The highest BCUT2D eigenvalue weighted by Gasteiger charge is 2.18. The highest BCUT2D eigenvalue weighted by atomic mass is 127. The van der Waals surface area contributed by atoms with Crippen LogP contribution in [0.15, 0.2) is 29.3 Å². The van der Waals surface area contributed by atoms with Crippen LogP contribution in [-0.2, 0) is 17.8 Å². The second kappa shape index (κ2) is 10.9. The minimum Gasteiger partial charge on any atom is -0.381 e. The van der Waals surface area contributed by atoms with Crippen molar-refractivity contribution >= 4 is 29.9 Å². The lowest BCUT2D eigenvalue weighted by Gasteiger charge is -2.24. The summed E-state index contributed by atoms with van der Waals surface area (Å²) in [6.45, 7) is 4.50. The van der Waals surface area contributed by atoms with Gasteiger partial charge in [0.1, 0.15) is 0 Å². The predicted molar refractivity (Wildman–Crippen MR) is 111 cm³/mol. The zero-order valence-electron chi connectivity index (χ0n) is 15.3. The number of nitrogens with zero attached hydrogens (tertiary/aromatic N) is 3. The average Bonchev–Trinajstić information content (AvgIpc) is 3.00. The number of rotatable bonds is 6. The van der Waals surface area contributed by atoms with Gasteiger partial charge >= 0.3 is 0 Å². The first-order chi connectivity index (χ1) is 11.1. The van der Waals surface area contributed by atoms with E-state index >= 15 is 0 Å². The highest BCUT2D eigenvalue weighted by Crippen LogP contribution is 2.13. The van der Waals surface area contributed by atoms with E-state index in [1.165, 1.54) is 11.1 Å². The molecule has 0 aliphatic carbocycles. The van der Waals surface area contributed by atoms with Crippen LogP contribution in [0, 0.1) is 5.92 Å². The third-order valence-electron chi connectivity index (χ3n) is 4.07. The van der Waals surface area contributed by atoms with Gasteiger partial charge in [0, 0.05) is 46.3 Å². The monoisotopic (exact) mass is 446 g/mol. The Hall–Kier alpha value is -0.860. The summed E-state index contributed by atoms with van der Waals surface area (Å²) in [4.78, 5) is 8.78. The van der Waals surface area contributed by atoms with E-state index in [2.05, 4.69) is 65.5 Å². The Morgan fingerprint density at radius 2 is 2.04 bits per heavy atom. The molecule has 0 spiro atoms. The first-order valence-corrected chi connectivity index (χ1v) is 8.30. The topological polar surface area (TPSA) is 40.1 Å². The minimum atomic E-state index is 0. The molecule has 136 valence electrons. The van der Waals surface area contributed by atoms with E-state index < -0.39 is 0 Å². The summed E-state index contributed by atoms with van der Waals surface area (Å²) in [6, 6.07) is 8.71. The Bertz CT molecular complexity index is 515. The molecule has 1 aliphatic heterocycles. The van der Waals surface area contributed by atoms with Gasteiger partial charge in [-0.15, -0.1) is 24.0 Å². The summed E-state index contributed by atoms with van der Waals surface area (Å²) in [5.74, 6) is 1.55. The fraction of sp³-hybridized carbons (Fsp3) is 0.611. The molecule has 1 saturated heterocycles. The van der Waals surface area contributed by atoms with E-state index in [0.29, 0.717) is 5.92 Å². The van der Waals surface area contributed by atoms with Gasteiger partial charge in [-0.25, -0.2) is 0 Å². The number of hydrogen-bond acceptors (Lipinski definition) is 3. The molecule has 0 aromatic heterocycles. The fourth-order valence-corrected chi connectivity index (χ4v) is 2.97. The van der Waals surface area contributed by atoms with Gasteiger partial charge < -0.3 is 19.9 Å². The Balaban J connectivity index is 0.00000288. The normalized spacial score (nSPS) is 17.7. The fourth-order valence-electron chi connectivity index (χ4n) is 2.97. The number of nitrogens with one attached hydrogen (secondary N) is 1. The lowest BCUT2D eigenvalue weighted by Crippen LogP contribution is -2.41. The van der Waals surface area contributed by atoms with Crippen molar-refractivity contribution in [2.75, 3.05) is 47.9 Å². The summed E-state index contributed by atoms with van der Waals surface area (Å²) < 4.78 is 5.45. The molecular formula is C18H31IN4O. The number of hydrogen-bond donors (Lipinski definition) is 1. The van der Waals surface area contributed by atoms with Gasteiger partial charge in [0.15, 0.2) is 5.96 Å². The average molecular weight is 446 g/mol. The number of benzene rings is 1.